The van der Waals surface area contributed by atoms with E-state index in [-0.39, 0.29) is 34.5 Å². The normalized spacial score (nSPS) is 27.2. The minimum atomic E-state index is -0.343. The van der Waals surface area contributed by atoms with Gasteiger partial charge in [-0.25, -0.2) is 0 Å². The summed E-state index contributed by atoms with van der Waals surface area (Å²) in [5.41, 5.74) is 2.12. The van der Waals surface area contributed by atoms with E-state index in [2.05, 4.69) is 26.8 Å². The molecule has 0 amide bonds. The van der Waals surface area contributed by atoms with E-state index in [1.54, 1.807) is 19.2 Å². The number of aliphatic hydroxyl groups is 1. The van der Waals surface area contributed by atoms with Crippen molar-refractivity contribution in [3.05, 3.63) is 47.0 Å². The molecular formula is C25H30O5. The van der Waals surface area contributed by atoms with E-state index in [9.17, 15) is 15.3 Å². The van der Waals surface area contributed by atoms with Crippen LogP contribution in [0.4, 0.5) is 0 Å². The standard InChI is InChI=1S/C25H30O5/c1-24(2)21-13-17-9-15(5-6-16-10-18(26)14-19(27)11-16)12-20(29-4)23(17)30-25(21,3)8-7-22(24)28/h5-6,9-12,14,21-22,26-28H,7-8,13H2,1-4H3/b6-5+/t21-,22-,25-/m1/s1. The predicted octanol–water partition coefficient (Wildman–Crippen LogP) is 4.77. The first-order valence-electron chi connectivity index (χ1n) is 10.4. The van der Waals surface area contributed by atoms with Crippen LogP contribution in [0.2, 0.25) is 0 Å². The molecule has 3 atom stereocenters. The third-order valence-electron chi connectivity index (χ3n) is 6.93. The Morgan fingerprint density at radius 2 is 1.63 bits per heavy atom. The maximum atomic E-state index is 10.6. The number of ether oxygens (including phenoxy) is 2. The number of hydrogen-bond donors (Lipinski definition) is 3. The number of fused-ring (bicyclic) bond motifs is 2. The molecule has 5 nitrogen and oxygen atoms in total. The molecule has 1 aliphatic carbocycles. The molecule has 2 aliphatic rings. The second kappa shape index (κ2) is 7.24. The molecule has 5 heteroatoms. The molecule has 0 aromatic heterocycles. The average molecular weight is 411 g/mol. The fraction of sp³-hybridized carbons (Fsp3) is 0.440. The molecule has 1 fully saturated rings. The minimum Gasteiger partial charge on any atom is -0.508 e. The maximum Gasteiger partial charge on any atom is 0.165 e. The number of phenolic OH excluding ortho intramolecular Hbond substituents is 2. The van der Waals surface area contributed by atoms with Gasteiger partial charge < -0.3 is 24.8 Å². The van der Waals surface area contributed by atoms with Crippen LogP contribution in [0, 0.1) is 11.3 Å². The van der Waals surface area contributed by atoms with Crippen LogP contribution in [0.5, 0.6) is 23.0 Å². The van der Waals surface area contributed by atoms with E-state index in [1.165, 1.54) is 6.07 Å². The first-order chi connectivity index (χ1) is 14.1. The van der Waals surface area contributed by atoms with Crippen molar-refractivity contribution in [3.8, 4) is 23.0 Å². The van der Waals surface area contributed by atoms with Crippen molar-refractivity contribution < 1.29 is 24.8 Å². The molecular weight excluding hydrogens is 380 g/mol. The molecule has 0 bridgehead atoms. The van der Waals surface area contributed by atoms with Gasteiger partial charge in [0.15, 0.2) is 11.5 Å². The lowest BCUT2D eigenvalue weighted by Gasteiger charge is -2.55. The van der Waals surface area contributed by atoms with Crippen molar-refractivity contribution in [3.63, 3.8) is 0 Å². The molecule has 0 radical (unpaired) electrons. The molecule has 160 valence electrons. The van der Waals surface area contributed by atoms with Crippen LogP contribution in [0.25, 0.3) is 12.2 Å². The summed E-state index contributed by atoms with van der Waals surface area (Å²) in [5, 5.41) is 30.0. The summed E-state index contributed by atoms with van der Waals surface area (Å²) in [7, 11) is 1.64. The molecule has 4 rings (SSSR count). The Labute approximate surface area is 177 Å². The highest BCUT2D eigenvalue weighted by Crippen LogP contribution is 2.54. The fourth-order valence-corrected chi connectivity index (χ4v) is 5.15. The van der Waals surface area contributed by atoms with Gasteiger partial charge in [-0.05, 0) is 72.6 Å². The Hall–Kier alpha value is -2.66. The van der Waals surface area contributed by atoms with Crippen molar-refractivity contribution in [1.29, 1.82) is 0 Å². The largest absolute Gasteiger partial charge is 0.508 e. The van der Waals surface area contributed by atoms with E-state index in [4.69, 9.17) is 9.47 Å². The number of phenols is 2. The smallest absolute Gasteiger partial charge is 0.165 e. The minimum absolute atomic E-state index is 0.0171. The Kier molecular flexibility index (Phi) is 4.97. The van der Waals surface area contributed by atoms with Crippen molar-refractivity contribution in [2.45, 2.75) is 51.7 Å². The summed E-state index contributed by atoms with van der Waals surface area (Å²) in [6.07, 6.45) is 5.77. The van der Waals surface area contributed by atoms with Crippen LogP contribution in [0.15, 0.2) is 30.3 Å². The maximum absolute atomic E-state index is 10.6. The van der Waals surface area contributed by atoms with E-state index in [1.807, 2.05) is 18.2 Å². The number of benzene rings is 2. The molecule has 1 saturated carbocycles. The lowest BCUT2D eigenvalue weighted by Crippen LogP contribution is -2.58. The zero-order chi connectivity index (χ0) is 21.7. The number of hydrogen-bond acceptors (Lipinski definition) is 5. The van der Waals surface area contributed by atoms with Crippen molar-refractivity contribution >= 4 is 12.2 Å². The van der Waals surface area contributed by atoms with Gasteiger partial charge in [0.25, 0.3) is 0 Å². The van der Waals surface area contributed by atoms with Crippen LogP contribution in [-0.4, -0.2) is 34.1 Å². The first-order valence-corrected chi connectivity index (χ1v) is 10.4. The Balaban J connectivity index is 1.71. The van der Waals surface area contributed by atoms with Crippen LogP contribution in [-0.2, 0) is 6.42 Å². The highest BCUT2D eigenvalue weighted by molar-refractivity contribution is 5.73. The molecule has 30 heavy (non-hydrogen) atoms. The van der Waals surface area contributed by atoms with Gasteiger partial charge in [0.05, 0.1) is 13.2 Å². The molecule has 1 aliphatic heterocycles. The summed E-state index contributed by atoms with van der Waals surface area (Å²) in [5.74, 6) is 1.70. The third-order valence-corrected chi connectivity index (χ3v) is 6.93. The topological polar surface area (TPSA) is 79.2 Å². The molecule has 0 spiro atoms. The van der Waals surface area contributed by atoms with Gasteiger partial charge in [-0.15, -0.1) is 0 Å². The summed E-state index contributed by atoms with van der Waals surface area (Å²) < 4.78 is 12.2. The van der Waals surface area contributed by atoms with Crippen LogP contribution >= 0.6 is 0 Å². The first kappa shape index (κ1) is 20.6. The van der Waals surface area contributed by atoms with Gasteiger partial charge in [-0.1, -0.05) is 26.0 Å². The van der Waals surface area contributed by atoms with Gasteiger partial charge >= 0.3 is 0 Å². The van der Waals surface area contributed by atoms with Crippen molar-refractivity contribution in [2.75, 3.05) is 7.11 Å². The molecule has 1 heterocycles. The van der Waals surface area contributed by atoms with Crippen molar-refractivity contribution in [2.24, 2.45) is 11.3 Å². The number of methoxy groups -OCH3 is 1. The lowest BCUT2D eigenvalue weighted by molar-refractivity contribution is -0.138. The number of rotatable bonds is 3. The van der Waals surface area contributed by atoms with Gasteiger partial charge in [0, 0.05) is 12.0 Å². The van der Waals surface area contributed by atoms with Gasteiger partial charge in [0.2, 0.25) is 0 Å². The highest BCUT2D eigenvalue weighted by atomic mass is 16.5. The van der Waals surface area contributed by atoms with E-state index in [0.717, 1.165) is 36.1 Å². The second-order valence-corrected chi connectivity index (χ2v) is 9.37. The molecule has 0 saturated heterocycles. The lowest BCUT2D eigenvalue weighted by atomic mass is 9.57. The quantitative estimate of drug-likeness (QED) is 0.636. The third kappa shape index (κ3) is 3.52. The molecule has 2 aromatic rings. The summed E-state index contributed by atoms with van der Waals surface area (Å²) >= 11 is 0. The molecule has 3 N–H and O–H groups in total. The summed E-state index contributed by atoms with van der Waals surface area (Å²) in [4.78, 5) is 0. The zero-order valence-electron chi connectivity index (χ0n) is 18.0. The van der Waals surface area contributed by atoms with Crippen LogP contribution in [0.1, 0.15) is 50.3 Å². The summed E-state index contributed by atoms with van der Waals surface area (Å²) in [6.45, 7) is 6.41. The molecule has 2 aromatic carbocycles. The average Bonchev–Trinajstić information content (AvgIpc) is 2.68. The Morgan fingerprint density at radius 3 is 2.27 bits per heavy atom. The van der Waals surface area contributed by atoms with Crippen LogP contribution in [0.3, 0.4) is 0 Å². The van der Waals surface area contributed by atoms with Crippen LogP contribution < -0.4 is 9.47 Å². The number of aliphatic hydroxyl groups excluding tert-OH is 1. The highest BCUT2D eigenvalue weighted by Gasteiger charge is 2.54. The fourth-order valence-electron chi connectivity index (χ4n) is 5.15. The Bertz CT molecular complexity index is 973. The van der Waals surface area contributed by atoms with Gasteiger partial charge in [-0.3, -0.25) is 0 Å². The molecule has 0 unspecified atom stereocenters. The monoisotopic (exact) mass is 410 g/mol. The number of aromatic hydroxyl groups is 2. The van der Waals surface area contributed by atoms with E-state index < -0.39 is 0 Å². The van der Waals surface area contributed by atoms with Gasteiger partial charge in [-0.2, -0.15) is 0 Å². The SMILES string of the molecule is COc1cc(/C=C/c2cc(O)cc(O)c2)cc2c1O[C@]1(C)CC[C@@H](O)C(C)(C)[C@H]1C2. The van der Waals surface area contributed by atoms with Crippen molar-refractivity contribution in [1.82, 2.24) is 0 Å². The predicted molar refractivity (Wildman–Crippen MR) is 117 cm³/mol. The van der Waals surface area contributed by atoms with E-state index >= 15 is 0 Å². The van der Waals surface area contributed by atoms with Gasteiger partial charge in [0.1, 0.15) is 17.1 Å². The zero-order valence-corrected chi connectivity index (χ0v) is 18.0. The second-order valence-electron chi connectivity index (χ2n) is 9.37. The summed E-state index contributed by atoms with van der Waals surface area (Å²) in [6, 6.07) is 8.50. The Morgan fingerprint density at radius 1 is 1.00 bits per heavy atom. The van der Waals surface area contributed by atoms with E-state index in [0.29, 0.717) is 11.3 Å².